The SMILES string of the molecule is Cc1noc(C)c1CN1C(=O)C(C)(C)Oc2ccc(N)cc21. The zero-order valence-corrected chi connectivity index (χ0v) is 13.1. The van der Waals surface area contributed by atoms with Gasteiger partial charge < -0.3 is 19.9 Å². The Hall–Kier alpha value is -2.50. The van der Waals surface area contributed by atoms with Gasteiger partial charge in [-0.3, -0.25) is 4.79 Å². The topological polar surface area (TPSA) is 81.6 Å². The van der Waals surface area contributed by atoms with Gasteiger partial charge in [0.15, 0.2) is 5.60 Å². The zero-order chi connectivity index (χ0) is 16.1. The Morgan fingerprint density at radius 1 is 1.32 bits per heavy atom. The summed E-state index contributed by atoms with van der Waals surface area (Å²) < 4.78 is 11.0. The van der Waals surface area contributed by atoms with E-state index >= 15 is 0 Å². The number of aryl methyl sites for hydroxylation is 2. The fraction of sp³-hybridized carbons (Fsp3) is 0.375. The number of amides is 1. The quantitative estimate of drug-likeness (QED) is 0.862. The van der Waals surface area contributed by atoms with E-state index in [2.05, 4.69) is 5.16 Å². The summed E-state index contributed by atoms with van der Waals surface area (Å²) in [4.78, 5) is 14.5. The Morgan fingerprint density at radius 2 is 2.05 bits per heavy atom. The molecule has 2 N–H and O–H groups in total. The van der Waals surface area contributed by atoms with Crippen LogP contribution in [-0.2, 0) is 11.3 Å². The van der Waals surface area contributed by atoms with Gasteiger partial charge >= 0.3 is 0 Å². The van der Waals surface area contributed by atoms with Crippen molar-refractivity contribution >= 4 is 17.3 Å². The Morgan fingerprint density at radius 3 is 2.68 bits per heavy atom. The number of carbonyl (C=O) groups excluding carboxylic acids is 1. The van der Waals surface area contributed by atoms with Crippen LogP contribution in [0.25, 0.3) is 0 Å². The van der Waals surface area contributed by atoms with Crippen LogP contribution < -0.4 is 15.4 Å². The van der Waals surface area contributed by atoms with Crippen LogP contribution in [-0.4, -0.2) is 16.7 Å². The highest BCUT2D eigenvalue weighted by Crippen LogP contribution is 2.40. The number of carbonyl (C=O) groups is 1. The molecule has 22 heavy (non-hydrogen) atoms. The van der Waals surface area contributed by atoms with Gasteiger partial charge in [0.2, 0.25) is 0 Å². The molecule has 0 bridgehead atoms. The van der Waals surface area contributed by atoms with Crippen LogP contribution in [0.1, 0.15) is 30.9 Å². The highest BCUT2D eigenvalue weighted by molar-refractivity contribution is 6.02. The lowest BCUT2D eigenvalue weighted by Crippen LogP contribution is -2.52. The molecule has 116 valence electrons. The van der Waals surface area contributed by atoms with Crippen LogP contribution in [0.15, 0.2) is 22.7 Å². The van der Waals surface area contributed by atoms with Crippen LogP contribution in [0, 0.1) is 13.8 Å². The number of aromatic nitrogens is 1. The van der Waals surface area contributed by atoms with Crippen LogP contribution in [0.2, 0.25) is 0 Å². The number of anilines is 2. The van der Waals surface area contributed by atoms with Gasteiger partial charge in [0.25, 0.3) is 5.91 Å². The molecule has 0 radical (unpaired) electrons. The van der Waals surface area contributed by atoms with Crippen LogP contribution >= 0.6 is 0 Å². The van der Waals surface area contributed by atoms with E-state index in [1.807, 2.05) is 13.8 Å². The molecule has 3 rings (SSSR count). The number of nitrogens with two attached hydrogens (primary N) is 1. The lowest BCUT2D eigenvalue weighted by molar-refractivity contribution is -0.132. The van der Waals surface area contributed by atoms with Gasteiger partial charge in [-0.1, -0.05) is 5.16 Å². The van der Waals surface area contributed by atoms with E-state index in [9.17, 15) is 4.79 Å². The number of fused-ring (bicyclic) bond motifs is 1. The fourth-order valence-corrected chi connectivity index (χ4v) is 2.63. The van der Waals surface area contributed by atoms with Crippen molar-refractivity contribution in [3.63, 3.8) is 0 Å². The van der Waals surface area contributed by atoms with Crippen molar-refractivity contribution in [1.82, 2.24) is 5.16 Å². The summed E-state index contributed by atoms with van der Waals surface area (Å²) in [5.41, 5.74) is 7.87. The van der Waals surface area contributed by atoms with Crippen molar-refractivity contribution in [2.45, 2.75) is 39.8 Å². The minimum Gasteiger partial charge on any atom is -0.476 e. The Bertz CT molecular complexity index is 730. The predicted octanol–water partition coefficient (Wildman–Crippen LogP) is 2.58. The van der Waals surface area contributed by atoms with Crippen LogP contribution in [0.5, 0.6) is 5.75 Å². The molecule has 6 nitrogen and oxygen atoms in total. The Balaban J connectivity index is 2.09. The van der Waals surface area contributed by atoms with Crippen molar-refractivity contribution in [3.05, 3.63) is 35.2 Å². The van der Waals surface area contributed by atoms with E-state index in [4.69, 9.17) is 15.0 Å². The first-order valence-corrected chi connectivity index (χ1v) is 7.12. The van der Waals surface area contributed by atoms with Gasteiger partial charge in [-0.2, -0.15) is 0 Å². The standard InChI is InChI=1S/C16H19N3O3/c1-9-12(10(2)22-18-9)8-19-13-7-11(17)5-6-14(13)21-16(3,4)15(19)20/h5-7H,8,17H2,1-4H3. The molecule has 0 saturated heterocycles. The highest BCUT2D eigenvalue weighted by atomic mass is 16.5. The average Bonchev–Trinajstić information content (AvgIpc) is 2.76. The molecular weight excluding hydrogens is 282 g/mol. The number of hydrogen-bond donors (Lipinski definition) is 1. The maximum Gasteiger partial charge on any atom is 0.271 e. The average molecular weight is 301 g/mol. The molecule has 0 aliphatic carbocycles. The number of hydrogen-bond acceptors (Lipinski definition) is 5. The molecular formula is C16H19N3O3. The fourth-order valence-electron chi connectivity index (χ4n) is 2.63. The summed E-state index contributed by atoms with van der Waals surface area (Å²) in [6, 6.07) is 5.30. The van der Waals surface area contributed by atoms with Crippen molar-refractivity contribution in [3.8, 4) is 5.75 Å². The van der Waals surface area contributed by atoms with Crippen molar-refractivity contribution < 1.29 is 14.1 Å². The molecule has 1 aromatic heterocycles. The Kier molecular flexibility index (Phi) is 3.12. The molecule has 0 fully saturated rings. The second-order valence-electron chi connectivity index (χ2n) is 6.03. The van der Waals surface area contributed by atoms with Crippen molar-refractivity contribution in [2.75, 3.05) is 10.6 Å². The summed E-state index contributed by atoms with van der Waals surface area (Å²) >= 11 is 0. The number of benzene rings is 1. The maximum absolute atomic E-state index is 12.8. The number of nitrogens with zero attached hydrogens (tertiary/aromatic N) is 2. The summed E-state index contributed by atoms with van der Waals surface area (Å²) in [6.45, 7) is 7.60. The number of rotatable bonds is 2. The van der Waals surface area contributed by atoms with Gasteiger partial charge in [0, 0.05) is 11.3 Å². The predicted molar refractivity (Wildman–Crippen MR) is 82.7 cm³/mol. The maximum atomic E-state index is 12.8. The number of nitrogen functional groups attached to an aromatic ring is 1. The van der Waals surface area contributed by atoms with Crippen LogP contribution in [0.4, 0.5) is 11.4 Å². The van der Waals surface area contributed by atoms with E-state index in [0.29, 0.717) is 29.4 Å². The third-order valence-corrected chi connectivity index (χ3v) is 3.90. The first kappa shape index (κ1) is 14.4. The third kappa shape index (κ3) is 2.20. The Labute approximate surface area is 128 Å². The van der Waals surface area contributed by atoms with E-state index in [1.54, 1.807) is 36.9 Å². The monoisotopic (exact) mass is 301 g/mol. The molecule has 2 aromatic rings. The molecule has 1 aliphatic rings. The number of ether oxygens (including phenoxy) is 1. The third-order valence-electron chi connectivity index (χ3n) is 3.90. The largest absolute Gasteiger partial charge is 0.476 e. The molecule has 1 aliphatic heterocycles. The lowest BCUT2D eigenvalue weighted by Gasteiger charge is -2.38. The van der Waals surface area contributed by atoms with Crippen molar-refractivity contribution in [1.29, 1.82) is 0 Å². The zero-order valence-electron chi connectivity index (χ0n) is 13.1. The molecule has 0 atom stereocenters. The molecule has 0 spiro atoms. The van der Waals surface area contributed by atoms with Gasteiger partial charge in [-0.25, -0.2) is 0 Å². The first-order chi connectivity index (χ1) is 10.3. The molecule has 0 unspecified atom stereocenters. The van der Waals surface area contributed by atoms with Gasteiger partial charge in [0.1, 0.15) is 11.5 Å². The molecule has 2 heterocycles. The highest BCUT2D eigenvalue weighted by Gasteiger charge is 2.41. The van der Waals surface area contributed by atoms with E-state index < -0.39 is 5.60 Å². The van der Waals surface area contributed by atoms with E-state index in [-0.39, 0.29) is 5.91 Å². The second-order valence-corrected chi connectivity index (χ2v) is 6.03. The van der Waals surface area contributed by atoms with Gasteiger partial charge in [-0.05, 0) is 45.9 Å². The van der Waals surface area contributed by atoms with E-state index in [1.165, 1.54) is 0 Å². The van der Waals surface area contributed by atoms with Gasteiger partial charge in [0.05, 0.1) is 17.9 Å². The van der Waals surface area contributed by atoms with Gasteiger partial charge in [-0.15, -0.1) is 0 Å². The van der Waals surface area contributed by atoms with Crippen molar-refractivity contribution in [2.24, 2.45) is 0 Å². The van der Waals surface area contributed by atoms with E-state index in [0.717, 1.165) is 11.3 Å². The summed E-state index contributed by atoms with van der Waals surface area (Å²) in [6.07, 6.45) is 0. The lowest BCUT2D eigenvalue weighted by atomic mass is 10.0. The summed E-state index contributed by atoms with van der Waals surface area (Å²) in [7, 11) is 0. The molecule has 0 saturated carbocycles. The molecule has 6 heteroatoms. The molecule has 1 amide bonds. The molecule has 1 aromatic carbocycles. The summed E-state index contributed by atoms with van der Waals surface area (Å²) in [5, 5.41) is 3.95. The summed E-state index contributed by atoms with van der Waals surface area (Å²) in [5.74, 6) is 1.23. The minimum atomic E-state index is -0.928. The first-order valence-electron chi connectivity index (χ1n) is 7.12. The minimum absolute atomic E-state index is 0.120. The van der Waals surface area contributed by atoms with Crippen LogP contribution in [0.3, 0.4) is 0 Å². The smallest absolute Gasteiger partial charge is 0.271 e. The normalized spacial score (nSPS) is 16.4. The second kappa shape index (κ2) is 4.76.